The summed E-state index contributed by atoms with van der Waals surface area (Å²) in [5, 5.41) is 8.12. The van der Waals surface area contributed by atoms with Crippen LogP contribution in [0.25, 0.3) is 0 Å². The van der Waals surface area contributed by atoms with E-state index in [1.807, 2.05) is 6.20 Å². The zero-order chi connectivity index (χ0) is 15.6. The number of hydrogen-bond acceptors (Lipinski definition) is 2. The Kier molecular flexibility index (Phi) is 5.89. The Bertz CT molecular complexity index is 445. The zero-order valence-electron chi connectivity index (χ0n) is 14.1. The highest BCUT2D eigenvalue weighted by Gasteiger charge is 2.32. The van der Waals surface area contributed by atoms with Crippen molar-refractivity contribution in [2.75, 3.05) is 7.05 Å². The average Bonchev–Trinajstić information content (AvgIpc) is 2.83. The molecule has 0 bridgehead atoms. The lowest BCUT2D eigenvalue weighted by Crippen LogP contribution is -2.32. The Morgan fingerprint density at radius 2 is 1.71 bits per heavy atom. The molecular weight excluding hydrogens is 326 g/mol. The minimum Gasteiger partial charge on any atom is -0.311 e. The third-order valence-corrected chi connectivity index (χ3v) is 5.72. The van der Waals surface area contributed by atoms with Crippen LogP contribution in [0.1, 0.15) is 71.2 Å². The fourth-order valence-corrected chi connectivity index (χ4v) is 4.31. The third-order valence-electron chi connectivity index (χ3n) is 5.11. The SMILES string of the molecule is CNC(c1c(Br)cnn1C(C)C)C1CCC(C(C)C)CC1. The number of nitrogens with zero attached hydrogens (tertiary/aromatic N) is 2. The van der Waals surface area contributed by atoms with Crippen LogP contribution in [0, 0.1) is 17.8 Å². The molecule has 120 valence electrons. The standard InChI is InChI=1S/C17H30BrN3/c1-11(2)13-6-8-14(9-7-13)16(19-5)17-15(18)10-20-21(17)12(3)4/h10-14,16,19H,6-9H2,1-5H3. The summed E-state index contributed by atoms with van der Waals surface area (Å²) in [6.07, 6.45) is 7.33. The molecule has 1 atom stereocenters. The molecule has 1 aliphatic rings. The van der Waals surface area contributed by atoms with E-state index in [4.69, 9.17) is 0 Å². The molecule has 1 aromatic heterocycles. The van der Waals surface area contributed by atoms with Crippen LogP contribution >= 0.6 is 15.9 Å². The third kappa shape index (κ3) is 3.70. The molecule has 3 nitrogen and oxygen atoms in total. The summed E-state index contributed by atoms with van der Waals surface area (Å²) in [6.45, 7) is 9.13. The summed E-state index contributed by atoms with van der Waals surface area (Å²) in [7, 11) is 2.09. The number of hydrogen-bond donors (Lipinski definition) is 1. The molecule has 4 heteroatoms. The topological polar surface area (TPSA) is 29.9 Å². The lowest BCUT2D eigenvalue weighted by molar-refractivity contribution is 0.187. The lowest BCUT2D eigenvalue weighted by atomic mass is 9.74. The van der Waals surface area contributed by atoms with Crippen LogP contribution in [0.5, 0.6) is 0 Å². The highest BCUT2D eigenvalue weighted by atomic mass is 79.9. The molecule has 0 radical (unpaired) electrons. The molecule has 0 amide bonds. The van der Waals surface area contributed by atoms with E-state index < -0.39 is 0 Å². The maximum Gasteiger partial charge on any atom is 0.0701 e. The van der Waals surface area contributed by atoms with Gasteiger partial charge in [-0.2, -0.15) is 5.10 Å². The highest BCUT2D eigenvalue weighted by molar-refractivity contribution is 9.10. The van der Waals surface area contributed by atoms with Crippen molar-refractivity contribution < 1.29 is 0 Å². The molecule has 1 unspecified atom stereocenters. The van der Waals surface area contributed by atoms with Gasteiger partial charge >= 0.3 is 0 Å². The molecule has 0 spiro atoms. The first-order chi connectivity index (χ1) is 9.95. The van der Waals surface area contributed by atoms with Crippen LogP contribution in [-0.2, 0) is 0 Å². The molecule has 0 aliphatic heterocycles. The largest absolute Gasteiger partial charge is 0.311 e. The number of halogens is 1. The number of nitrogens with one attached hydrogen (secondary N) is 1. The van der Waals surface area contributed by atoms with Gasteiger partial charge < -0.3 is 5.32 Å². The van der Waals surface area contributed by atoms with E-state index in [1.54, 1.807) is 0 Å². The molecule has 21 heavy (non-hydrogen) atoms. The van der Waals surface area contributed by atoms with Crippen molar-refractivity contribution in [2.45, 2.75) is 65.5 Å². The van der Waals surface area contributed by atoms with Crippen LogP contribution in [-0.4, -0.2) is 16.8 Å². The van der Waals surface area contributed by atoms with Gasteiger partial charge in [-0.1, -0.05) is 13.8 Å². The summed E-state index contributed by atoms with van der Waals surface area (Å²) in [6, 6.07) is 0.798. The molecule has 1 aromatic rings. The second kappa shape index (κ2) is 7.28. The number of aromatic nitrogens is 2. The fourth-order valence-electron chi connectivity index (χ4n) is 3.79. The van der Waals surface area contributed by atoms with Crippen molar-refractivity contribution >= 4 is 15.9 Å². The van der Waals surface area contributed by atoms with Crippen molar-refractivity contribution in [3.63, 3.8) is 0 Å². The van der Waals surface area contributed by atoms with Crippen LogP contribution in [0.4, 0.5) is 0 Å². The van der Waals surface area contributed by atoms with Crippen LogP contribution in [0.2, 0.25) is 0 Å². The first kappa shape index (κ1) is 17.0. The van der Waals surface area contributed by atoms with Gasteiger partial charge in [0.05, 0.1) is 22.4 Å². The van der Waals surface area contributed by atoms with Crippen molar-refractivity contribution in [1.82, 2.24) is 15.1 Å². The Hall–Kier alpha value is -0.350. The average molecular weight is 356 g/mol. The smallest absolute Gasteiger partial charge is 0.0701 e. The van der Waals surface area contributed by atoms with Crippen LogP contribution in [0.15, 0.2) is 10.7 Å². The fraction of sp³-hybridized carbons (Fsp3) is 0.824. The highest BCUT2D eigenvalue weighted by Crippen LogP contribution is 2.41. The van der Waals surface area contributed by atoms with E-state index in [-0.39, 0.29) is 0 Å². The number of rotatable bonds is 5. The summed E-state index contributed by atoms with van der Waals surface area (Å²) in [5.41, 5.74) is 1.32. The summed E-state index contributed by atoms with van der Waals surface area (Å²) >= 11 is 3.71. The van der Waals surface area contributed by atoms with E-state index in [9.17, 15) is 0 Å². The Morgan fingerprint density at radius 1 is 1.14 bits per heavy atom. The first-order valence-corrected chi connectivity index (χ1v) is 9.15. The molecule has 0 aromatic carbocycles. The first-order valence-electron chi connectivity index (χ1n) is 8.35. The molecule has 1 N–H and O–H groups in total. The van der Waals surface area contributed by atoms with Crippen molar-refractivity contribution in [1.29, 1.82) is 0 Å². The van der Waals surface area contributed by atoms with Gasteiger partial charge in [-0.3, -0.25) is 4.68 Å². The predicted octanol–water partition coefficient (Wildman–Crippen LogP) is 4.95. The van der Waals surface area contributed by atoms with Gasteiger partial charge in [0.15, 0.2) is 0 Å². The monoisotopic (exact) mass is 355 g/mol. The van der Waals surface area contributed by atoms with Gasteiger partial charge in [0.25, 0.3) is 0 Å². The van der Waals surface area contributed by atoms with E-state index in [2.05, 4.69) is 65.8 Å². The summed E-state index contributed by atoms with van der Waals surface area (Å²) in [5.74, 6) is 2.46. The quantitative estimate of drug-likeness (QED) is 0.809. The Balaban J connectivity index is 2.16. The molecule has 1 heterocycles. The van der Waals surface area contributed by atoms with E-state index >= 15 is 0 Å². The minimum absolute atomic E-state index is 0.397. The zero-order valence-corrected chi connectivity index (χ0v) is 15.7. The van der Waals surface area contributed by atoms with E-state index in [0.717, 1.165) is 22.2 Å². The Labute approximate surface area is 138 Å². The summed E-state index contributed by atoms with van der Waals surface area (Å²) in [4.78, 5) is 0. The second-order valence-corrected chi connectivity index (χ2v) is 7.96. The molecule has 1 fully saturated rings. The second-order valence-electron chi connectivity index (χ2n) is 7.10. The van der Waals surface area contributed by atoms with Gasteiger partial charge in [0.2, 0.25) is 0 Å². The molecule has 0 saturated heterocycles. The minimum atomic E-state index is 0.397. The van der Waals surface area contributed by atoms with Crippen molar-refractivity contribution in [3.8, 4) is 0 Å². The van der Waals surface area contributed by atoms with Crippen LogP contribution in [0.3, 0.4) is 0 Å². The summed E-state index contributed by atoms with van der Waals surface area (Å²) < 4.78 is 3.31. The van der Waals surface area contributed by atoms with Crippen molar-refractivity contribution in [2.24, 2.45) is 17.8 Å². The maximum absolute atomic E-state index is 4.55. The lowest BCUT2D eigenvalue weighted by Gasteiger charge is -2.36. The van der Waals surface area contributed by atoms with Gasteiger partial charge in [-0.15, -0.1) is 0 Å². The Morgan fingerprint density at radius 3 is 2.19 bits per heavy atom. The van der Waals surface area contributed by atoms with Crippen molar-refractivity contribution in [3.05, 3.63) is 16.4 Å². The van der Waals surface area contributed by atoms with Gasteiger partial charge in [-0.25, -0.2) is 0 Å². The van der Waals surface area contributed by atoms with Gasteiger partial charge in [-0.05, 0) is 80.3 Å². The molecule has 1 aliphatic carbocycles. The molecule has 2 rings (SSSR count). The van der Waals surface area contributed by atoms with Crippen LogP contribution < -0.4 is 5.32 Å². The van der Waals surface area contributed by atoms with E-state index in [0.29, 0.717) is 12.1 Å². The maximum atomic E-state index is 4.55. The van der Waals surface area contributed by atoms with Gasteiger partial charge in [0, 0.05) is 6.04 Å². The normalized spacial score (nSPS) is 24.8. The molecular formula is C17H30BrN3. The molecule has 1 saturated carbocycles. The predicted molar refractivity (Wildman–Crippen MR) is 92.4 cm³/mol. The van der Waals surface area contributed by atoms with E-state index in [1.165, 1.54) is 31.4 Å². The van der Waals surface area contributed by atoms with Gasteiger partial charge in [0.1, 0.15) is 0 Å².